The van der Waals surface area contributed by atoms with E-state index in [1.807, 2.05) is 0 Å². The van der Waals surface area contributed by atoms with Gasteiger partial charge in [0.05, 0.1) is 6.61 Å². The minimum atomic E-state index is 0.252. The van der Waals surface area contributed by atoms with E-state index in [4.69, 9.17) is 4.74 Å². The fourth-order valence-electron chi connectivity index (χ4n) is 4.15. The number of piperidine rings is 1. The highest BCUT2D eigenvalue weighted by Gasteiger charge is 2.30. The van der Waals surface area contributed by atoms with E-state index in [-0.39, 0.29) is 6.61 Å². The van der Waals surface area contributed by atoms with Gasteiger partial charge in [-0.2, -0.15) is 0 Å². The lowest BCUT2D eigenvalue weighted by atomic mass is 9.89. The van der Waals surface area contributed by atoms with Crippen molar-refractivity contribution in [2.75, 3.05) is 58.5 Å². The van der Waals surface area contributed by atoms with Crippen molar-refractivity contribution in [3.05, 3.63) is 17.6 Å². The first kappa shape index (κ1) is 17.6. The number of aliphatic hydroxyl groups is 1. The molecule has 0 amide bonds. The van der Waals surface area contributed by atoms with Crippen LogP contribution in [0.3, 0.4) is 0 Å². The normalized spacial score (nSPS) is 23.8. The summed E-state index contributed by atoms with van der Waals surface area (Å²) in [5, 5.41) is 9.75. The molecule has 134 valence electrons. The third kappa shape index (κ3) is 4.05. The quantitative estimate of drug-likeness (QED) is 0.802. The van der Waals surface area contributed by atoms with Crippen molar-refractivity contribution in [3.63, 3.8) is 0 Å². The largest absolute Gasteiger partial charge is 0.396 e. The van der Waals surface area contributed by atoms with Gasteiger partial charge in [0.1, 0.15) is 12.1 Å². The highest BCUT2D eigenvalue weighted by Crippen LogP contribution is 2.32. The van der Waals surface area contributed by atoms with Gasteiger partial charge in [-0.05, 0) is 44.6 Å². The summed E-state index contributed by atoms with van der Waals surface area (Å²) in [6.07, 6.45) is 6.14. The number of likely N-dealkylation sites (N-methyl/N-ethyl adjacent to an activating group) is 1. The molecule has 6 heteroatoms. The van der Waals surface area contributed by atoms with E-state index < -0.39 is 0 Å². The van der Waals surface area contributed by atoms with Crippen LogP contribution in [0.15, 0.2) is 6.33 Å². The Balaban J connectivity index is 1.70. The topological polar surface area (TPSA) is 61.7 Å². The first-order valence-corrected chi connectivity index (χ1v) is 9.07. The van der Waals surface area contributed by atoms with Gasteiger partial charge in [-0.15, -0.1) is 0 Å². The minimum Gasteiger partial charge on any atom is -0.396 e. The molecule has 2 aliphatic rings. The van der Waals surface area contributed by atoms with Gasteiger partial charge >= 0.3 is 0 Å². The molecule has 0 bridgehead atoms. The minimum absolute atomic E-state index is 0.252. The van der Waals surface area contributed by atoms with Crippen LogP contribution in [0.25, 0.3) is 0 Å². The summed E-state index contributed by atoms with van der Waals surface area (Å²) in [6, 6.07) is 0. The Bertz CT molecular complexity index is 540. The lowest BCUT2D eigenvalue weighted by molar-refractivity contribution is 0.133. The molecule has 3 rings (SSSR count). The number of ether oxygens (including phenoxy) is 1. The number of aromatic nitrogens is 2. The average Bonchev–Trinajstić information content (AvgIpc) is 3.08. The van der Waals surface area contributed by atoms with Crippen LogP contribution in [0.1, 0.15) is 24.1 Å². The summed E-state index contributed by atoms with van der Waals surface area (Å²) in [4.78, 5) is 13.8. The zero-order valence-electron chi connectivity index (χ0n) is 14.9. The molecule has 0 radical (unpaired) electrons. The van der Waals surface area contributed by atoms with Crippen LogP contribution < -0.4 is 4.90 Å². The number of aryl methyl sites for hydroxylation is 1. The summed E-state index contributed by atoms with van der Waals surface area (Å²) >= 11 is 0. The van der Waals surface area contributed by atoms with Crippen molar-refractivity contribution in [1.29, 1.82) is 0 Å². The maximum absolute atomic E-state index is 9.75. The number of methoxy groups -OCH3 is 1. The molecule has 1 aliphatic carbocycles. The van der Waals surface area contributed by atoms with E-state index in [1.165, 1.54) is 17.7 Å². The van der Waals surface area contributed by atoms with Gasteiger partial charge in [-0.25, -0.2) is 9.97 Å². The Hall–Kier alpha value is -1.24. The maximum Gasteiger partial charge on any atom is 0.135 e. The van der Waals surface area contributed by atoms with Crippen LogP contribution in [0.2, 0.25) is 0 Å². The van der Waals surface area contributed by atoms with Gasteiger partial charge in [0.15, 0.2) is 0 Å². The van der Waals surface area contributed by atoms with Crippen LogP contribution in [-0.2, 0) is 17.6 Å². The van der Waals surface area contributed by atoms with E-state index in [9.17, 15) is 5.11 Å². The SMILES string of the molecule is COCCN(C)C[C@@H]1C[C@H](CO)CN(c2ncnc3c2CCC3)C1. The second-order valence-corrected chi connectivity index (χ2v) is 7.29. The van der Waals surface area contributed by atoms with Gasteiger partial charge < -0.3 is 19.6 Å². The Morgan fingerprint density at radius 2 is 2.12 bits per heavy atom. The summed E-state index contributed by atoms with van der Waals surface area (Å²) in [5.74, 6) is 1.98. The lowest BCUT2D eigenvalue weighted by Crippen LogP contribution is -2.46. The molecule has 0 aromatic carbocycles. The van der Waals surface area contributed by atoms with Crippen molar-refractivity contribution in [2.45, 2.75) is 25.7 Å². The van der Waals surface area contributed by atoms with Crippen molar-refractivity contribution >= 4 is 5.82 Å². The van der Waals surface area contributed by atoms with E-state index >= 15 is 0 Å². The molecule has 1 aliphatic heterocycles. The molecule has 1 fully saturated rings. The van der Waals surface area contributed by atoms with Crippen LogP contribution in [-0.4, -0.2) is 73.5 Å². The molecule has 0 spiro atoms. The number of aliphatic hydroxyl groups excluding tert-OH is 1. The molecular formula is C18H30N4O2. The van der Waals surface area contributed by atoms with Crippen LogP contribution in [0.4, 0.5) is 5.82 Å². The number of anilines is 1. The van der Waals surface area contributed by atoms with E-state index in [0.29, 0.717) is 11.8 Å². The van der Waals surface area contributed by atoms with Gasteiger partial charge in [0, 0.05) is 51.2 Å². The smallest absolute Gasteiger partial charge is 0.135 e. The third-order valence-electron chi connectivity index (χ3n) is 5.28. The molecule has 0 unspecified atom stereocenters. The molecule has 1 aromatic rings. The number of rotatable bonds is 7. The first-order chi connectivity index (χ1) is 11.7. The van der Waals surface area contributed by atoms with E-state index in [0.717, 1.165) is 57.9 Å². The highest BCUT2D eigenvalue weighted by atomic mass is 16.5. The van der Waals surface area contributed by atoms with Crippen molar-refractivity contribution in [3.8, 4) is 0 Å². The monoisotopic (exact) mass is 334 g/mol. The van der Waals surface area contributed by atoms with Crippen LogP contribution >= 0.6 is 0 Å². The Morgan fingerprint density at radius 3 is 2.92 bits per heavy atom. The number of nitrogens with zero attached hydrogens (tertiary/aromatic N) is 4. The average molecular weight is 334 g/mol. The van der Waals surface area contributed by atoms with Gasteiger partial charge in [-0.1, -0.05) is 0 Å². The zero-order valence-corrected chi connectivity index (χ0v) is 14.9. The van der Waals surface area contributed by atoms with Gasteiger partial charge in [0.25, 0.3) is 0 Å². The van der Waals surface area contributed by atoms with Gasteiger partial charge in [-0.3, -0.25) is 0 Å². The van der Waals surface area contributed by atoms with Crippen molar-refractivity contribution in [2.24, 2.45) is 11.8 Å². The number of hydrogen-bond acceptors (Lipinski definition) is 6. The number of hydrogen-bond donors (Lipinski definition) is 1. The standard InChI is InChI=1S/C18H30N4O2/c1-21(6-7-24-2)9-14-8-15(12-23)11-22(10-14)18-16-4-3-5-17(16)19-13-20-18/h13-15,23H,3-12H2,1-2H3/t14-,15-/m0/s1. The maximum atomic E-state index is 9.75. The molecule has 1 saturated heterocycles. The van der Waals surface area contributed by atoms with E-state index in [1.54, 1.807) is 13.4 Å². The Morgan fingerprint density at radius 1 is 1.29 bits per heavy atom. The second kappa shape index (κ2) is 8.23. The fourth-order valence-corrected chi connectivity index (χ4v) is 4.15. The molecule has 2 heterocycles. The van der Waals surface area contributed by atoms with Crippen LogP contribution in [0.5, 0.6) is 0 Å². The first-order valence-electron chi connectivity index (χ1n) is 9.07. The second-order valence-electron chi connectivity index (χ2n) is 7.29. The third-order valence-corrected chi connectivity index (χ3v) is 5.28. The lowest BCUT2D eigenvalue weighted by Gasteiger charge is -2.40. The molecule has 24 heavy (non-hydrogen) atoms. The number of fused-ring (bicyclic) bond motifs is 1. The van der Waals surface area contributed by atoms with Gasteiger partial charge in [0.2, 0.25) is 0 Å². The summed E-state index contributed by atoms with van der Waals surface area (Å²) in [5.41, 5.74) is 2.56. The Labute approximate surface area is 144 Å². The fraction of sp³-hybridized carbons (Fsp3) is 0.778. The zero-order chi connectivity index (χ0) is 16.9. The molecule has 6 nitrogen and oxygen atoms in total. The summed E-state index contributed by atoms with van der Waals surface area (Å²) in [6.45, 7) is 4.90. The highest BCUT2D eigenvalue weighted by molar-refractivity contribution is 5.51. The summed E-state index contributed by atoms with van der Waals surface area (Å²) < 4.78 is 5.18. The molecule has 0 saturated carbocycles. The Kier molecular flexibility index (Phi) is 6.03. The van der Waals surface area contributed by atoms with E-state index in [2.05, 4.69) is 26.8 Å². The van der Waals surface area contributed by atoms with Crippen molar-refractivity contribution < 1.29 is 9.84 Å². The van der Waals surface area contributed by atoms with Crippen LogP contribution in [0, 0.1) is 11.8 Å². The molecule has 1 N–H and O–H groups in total. The predicted octanol–water partition coefficient (Wildman–Crippen LogP) is 0.978. The molecule has 2 atom stereocenters. The predicted molar refractivity (Wildman–Crippen MR) is 94.3 cm³/mol. The summed E-state index contributed by atoms with van der Waals surface area (Å²) in [7, 11) is 3.89. The molecular weight excluding hydrogens is 304 g/mol. The van der Waals surface area contributed by atoms with Crippen molar-refractivity contribution in [1.82, 2.24) is 14.9 Å². The molecule has 1 aromatic heterocycles.